The third-order valence-electron chi connectivity index (χ3n) is 4.87. The number of benzene rings is 2. The van der Waals surface area contributed by atoms with Crippen LogP contribution in [0.25, 0.3) is 11.4 Å². The second kappa shape index (κ2) is 7.72. The SMILES string of the molecule is COc1ccccc1NC(=O)N1CCCC1c1nc(-c2cccc(C)c2)no1. The van der Waals surface area contributed by atoms with Crippen LogP contribution in [0.1, 0.15) is 30.3 Å². The summed E-state index contributed by atoms with van der Waals surface area (Å²) in [5.41, 5.74) is 2.66. The van der Waals surface area contributed by atoms with Gasteiger partial charge in [0.15, 0.2) is 0 Å². The summed E-state index contributed by atoms with van der Waals surface area (Å²) in [6.07, 6.45) is 1.67. The van der Waals surface area contributed by atoms with Crippen LogP contribution in [-0.4, -0.2) is 34.7 Å². The van der Waals surface area contributed by atoms with Crippen molar-refractivity contribution in [1.82, 2.24) is 15.0 Å². The van der Waals surface area contributed by atoms with E-state index in [0.29, 0.717) is 29.7 Å². The quantitative estimate of drug-likeness (QED) is 0.727. The Bertz CT molecular complexity index is 985. The number of hydrogen-bond donors (Lipinski definition) is 1. The molecule has 1 fully saturated rings. The lowest BCUT2D eigenvalue weighted by molar-refractivity contribution is 0.193. The summed E-state index contributed by atoms with van der Waals surface area (Å²) in [6.45, 7) is 2.65. The van der Waals surface area contributed by atoms with E-state index in [1.807, 2.05) is 55.5 Å². The molecule has 0 aliphatic carbocycles. The summed E-state index contributed by atoms with van der Waals surface area (Å²) in [7, 11) is 1.58. The number of anilines is 1. The van der Waals surface area contributed by atoms with Crippen LogP contribution in [0.2, 0.25) is 0 Å². The smallest absolute Gasteiger partial charge is 0.322 e. The van der Waals surface area contributed by atoms with Gasteiger partial charge in [-0.15, -0.1) is 0 Å². The molecule has 28 heavy (non-hydrogen) atoms. The highest BCUT2D eigenvalue weighted by atomic mass is 16.5. The lowest BCUT2D eigenvalue weighted by Gasteiger charge is -2.22. The van der Waals surface area contributed by atoms with Crippen LogP contribution in [0.4, 0.5) is 10.5 Å². The van der Waals surface area contributed by atoms with E-state index < -0.39 is 0 Å². The summed E-state index contributed by atoms with van der Waals surface area (Å²) in [5, 5.41) is 7.03. The molecule has 0 bridgehead atoms. The van der Waals surface area contributed by atoms with Crippen molar-refractivity contribution < 1.29 is 14.1 Å². The zero-order chi connectivity index (χ0) is 19.5. The first-order valence-corrected chi connectivity index (χ1v) is 9.27. The Hall–Kier alpha value is -3.35. The van der Waals surface area contributed by atoms with Crippen LogP contribution in [-0.2, 0) is 0 Å². The zero-order valence-corrected chi connectivity index (χ0v) is 15.9. The van der Waals surface area contributed by atoms with Crippen molar-refractivity contribution >= 4 is 11.7 Å². The predicted octanol–water partition coefficient (Wildman–Crippen LogP) is 4.42. The number of ether oxygens (including phenoxy) is 1. The lowest BCUT2D eigenvalue weighted by Crippen LogP contribution is -2.34. The summed E-state index contributed by atoms with van der Waals surface area (Å²) in [5.74, 6) is 1.62. The maximum Gasteiger partial charge on any atom is 0.322 e. The van der Waals surface area contributed by atoms with Crippen molar-refractivity contribution in [3.63, 3.8) is 0 Å². The first kappa shape index (κ1) is 18.0. The molecule has 2 heterocycles. The number of amides is 2. The minimum atomic E-state index is -0.235. The van der Waals surface area contributed by atoms with Gasteiger partial charge in [-0.2, -0.15) is 4.98 Å². The van der Waals surface area contributed by atoms with Crippen LogP contribution in [0.5, 0.6) is 5.75 Å². The fourth-order valence-corrected chi connectivity index (χ4v) is 3.47. The van der Waals surface area contributed by atoms with Gasteiger partial charge < -0.3 is 19.5 Å². The standard InChI is InChI=1S/C21H22N4O3/c1-14-7-5-8-15(13-14)19-23-20(28-24-19)17-10-6-12-25(17)21(26)22-16-9-3-4-11-18(16)27-2/h3-5,7-9,11,13,17H,6,10,12H2,1-2H3,(H,22,26). The molecule has 144 valence electrons. The molecular formula is C21H22N4O3. The Kier molecular flexibility index (Phi) is 4.97. The van der Waals surface area contributed by atoms with Gasteiger partial charge in [0, 0.05) is 12.1 Å². The molecule has 1 atom stereocenters. The third kappa shape index (κ3) is 3.55. The molecule has 7 nitrogen and oxygen atoms in total. The van der Waals surface area contributed by atoms with Gasteiger partial charge in [0.05, 0.1) is 12.8 Å². The summed E-state index contributed by atoms with van der Waals surface area (Å²) in [4.78, 5) is 19.1. The number of likely N-dealkylation sites (tertiary alicyclic amines) is 1. The van der Waals surface area contributed by atoms with Gasteiger partial charge in [-0.3, -0.25) is 0 Å². The second-order valence-corrected chi connectivity index (χ2v) is 6.81. The molecule has 4 rings (SSSR count). The minimum absolute atomic E-state index is 0.206. The topological polar surface area (TPSA) is 80.5 Å². The molecule has 7 heteroatoms. The molecule has 1 aliphatic rings. The molecular weight excluding hydrogens is 356 g/mol. The Balaban J connectivity index is 1.53. The first-order chi connectivity index (χ1) is 13.7. The Morgan fingerprint density at radius 2 is 2.11 bits per heavy atom. The number of rotatable bonds is 4. The van der Waals surface area contributed by atoms with Gasteiger partial charge in [0.25, 0.3) is 0 Å². The van der Waals surface area contributed by atoms with E-state index in [9.17, 15) is 4.79 Å². The van der Waals surface area contributed by atoms with E-state index in [1.54, 1.807) is 12.0 Å². The fourth-order valence-electron chi connectivity index (χ4n) is 3.47. The molecule has 0 spiro atoms. The molecule has 3 aromatic rings. The highest BCUT2D eigenvalue weighted by Crippen LogP contribution is 2.33. The van der Waals surface area contributed by atoms with E-state index in [4.69, 9.17) is 9.26 Å². The van der Waals surface area contributed by atoms with E-state index in [1.165, 1.54) is 0 Å². The molecule has 0 radical (unpaired) electrons. The normalized spacial score (nSPS) is 16.2. The molecule has 2 aromatic carbocycles. The van der Waals surface area contributed by atoms with Gasteiger partial charge in [-0.05, 0) is 38.0 Å². The first-order valence-electron chi connectivity index (χ1n) is 9.27. The van der Waals surface area contributed by atoms with Gasteiger partial charge in [-0.1, -0.05) is 41.1 Å². The maximum absolute atomic E-state index is 12.9. The van der Waals surface area contributed by atoms with Crippen LogP contribution in [0, 0.1) is 6.92 Å². The van der Waals surface area contributed by atoms with Crippen molar-refractivity contribution in [2.24, 2.45) is 0 Å². The van der Waals surface area contributed by atoms with Gasteiger partial charge in [0.1, 0.15) is 11.8 Å². The summed E-state index contributed by atoms with van der Waals surface area (Å²) >= 11 is 0. The van der Waals surface area contributed by atoms with Crippen LogP contribution in [0.15, 0.2) is 53.1 Å². The Morgan fingerprint density at radius 1 is 1.25 bits per heavy atom. The number of nitrogens with one attached hydrogen (secondary N) is 1. The molecule has 1 N–H and O–H groups in total. The summed E-state index contributed by atoms with van der Waals surface area (Å²) < 4.78 is 10.8. The van der Waals surface area contributed by atoms with Gasteiger partial charge in [0.2, 0.25) is 11.7 Å². The molecule has 0 saturated carbocycles. The Labute approximate surface area is 163 Å². The average Bonchev–Trinajstić information content (AvgIpc) is 3.38. The number of aryl methyl sites for hydroxylation is 1. The number of nitrogens with zero attached hydrogens (tertiary/aromatic N) is 3. The van der Waals surface area contributed by atoms with E-state index in [0.717, 1.165) is 24.0 Å². The van der Waals surface area contributed by atoms with Crippen LogP contribution >= 0.6 is 0 Å². The molecule has 1 saturated heterocycles. The zero-order valence-electron chi connectivity index (χ0n) is 15.9. The van der Waals surface area contributed by atoms with Gasteiger partial charge >= 0.3 is 6.03 Å². The largest absolute Gasteiger partial charge is 0.495 e. The fraction of sp³-hybridized carbons (Fsp3) is 0.286. The number of hydrogen-bond acceptors (Lipinski definition) is 5. The molecule has 2 amide bonds. The van der Waals surface area contributed by atoms with E-state index in [2.05, 4.69) is 15.5 Å². The number of methoxy groups -OCH3 is 1. The number of carbonyl (C=O) groups excluding carboxylic acids is 1. The average molecular weight is 378 g/mol. The minimum Gasteiger partial charge on any atom is -0.495 e. The third-order valence-corrected chi connectivity index (χ3v) is 4.87. The van der Waals surface area contributed by atoms with Crippen molar-refractivity contribution in [3.05, 3.63) is 60.0 Å². The lowest BCUT2D eigenvalue weighted by atomic mass is 10.1. The van der Waals surface area contributed by atoms with Gasteiger partial charge in [-0.25, -0.2) is 4.79 Å². The van der Waals surface area contributed by atoms with Crippen molar-refractivity contribution in [2.75, 3.05) is 19.0 Å². The highest BCUT2D eigenvalue weighted by molar-refractivity contribution is 5.91. The summed E-state index contributed by atoms with van der Waals surface area (Å²) in [6, 6.07) is 14.8. The van der Waals surface area contributed by atoms with Crippen molar-refractivity contribution in [3.8, 4) is 17.1 Å². The number of carbonyl (C=O) groups is 1. The monoisotopic (exact) mass is 378 g/mol. The van der Waals surface area contributed by atoms with Crippen molar-refractivity contribution in [1.29, 1.82) is 0 Å². The number of urea groups is 1. The van der Waals surface area contributed by atoms with E-state index >= 15 is 0 Å². The molecule has 1 unspecified atom stereocenters. The Morgan fingerprint density at radius 3 is 2.93 bits per heavy atom. The van der Waals surface area contributed by atoms with Crippen molar-refractivity contribution in [2.45, 2.75) is 25.8 Å². The predicted molar refractivity (Wildman–Crippen MR) is 105 cm³/mol. The second-order valence-electron chi connectivity index (χ2n) is 6.81. The molecule has 1 aromatic heterocycles. The van der Waals surface area contributed by atoms with Crippen LogP contribution in [0.3, 0.4) is 0 Å². The maximum atomic E-state index is 12.9. The highest BCUT2D eigenvalue weighted by Gasteiger charge is 2.34. The molecule has 1 aliphatic heterocycles. The number of aromatic nitrogens is 2. The van der Waals surface area contributed by atoms with Crippen LogP contribution < -0.4 is 10.1 Å². The number of para-hydroxylation sites is 2. The van der Waals surface area contributed by atoms with E-state index in [-0.39, 0.29) is 12.1 Å².